The van der Waals surface area contributed by atoms with Crippen molar-refractivity contribution in [1.29, 1.82) is 0 Å². The molecule has 1 atom stereocenters. The quantitative estimate of drug-likeness (QED) is 0.860. The Labute approximate surface area is 110 Å². The van der Waals surface area contributed by atoms with Crippen LogP contribution in [0.3, 0.4) is 0 Å². The summed E-state index contributed by atoms with van der Waals surface area (Å²) in [6.07, 6.45) is 0. The number of rotatable bonds is 3. The Kier molecular flexibility index (Phi) is 3.82. The van der Waals surface area contributed by atoms with Crippen LogP contribution in [0.15, 0.2) is 47.4 Å². The molecule has 0 saturated heterocycles. The van der Waals surface area contributed by atoms with Crippen LogP contribution in [0.1, 0.15) is 16.7 Å². The molecule has 0 saturated carbocycles. The van der Waals surface area contributed by atoms with E-state index in [2.05, 4.69) is 32.0 Å². The second-order valence-electron chi connectivity index (χ2n) is 4.56. The zero-order chi connectivity index (χ0) is 13.1. The molecule has 0 aliphatic heterocycles. The van der Waals surface area contributed by atoms with Crippen molar-refractivity contribution in [2.45, 2.75) is 24.5 Å². The van der Waals surface area contributed by atoms with Crippen molar-refractivity contribution in [3.63, 3.8) is 0 Å². The largest absolute Gasteiger partial charge is 0.399 e. The molecule has 0 aliphatic rings. The van der Waals surface area contributed by atoms with Crippen molar-refractivity contribution in [1.82, 2.24) is 0 Å². The van der Waals surface area contributed by atoms with Crippen LogP contribution in [0.5, 0.6) is 0 Å². The summed E-state index contributed by atoms with van der Waals surface area (Å²) in [6.45, 7) is 4.11. The maximum Gasteiger partial charge on any atom is 0.0574 e. The number of hydrogen-bond acceptors (Lipinski definition) is 2. The third-order valence-electron chi connectivity index (χ3n) is 2.70. The summed E-state index contributed by atoms with van der Waals surface area (Å²) in [6, 6.07) is 13.6. The van der Waals surface area contributed by atoms with Gasteiger partial charge in [0.1, 0.15) is 0 Å². The number of benzene rings is 2. The second kappa shape index (κ2) is 5.36. The number of nitrogen functional groups attached to an aromatic ring is 1. The van der Waals surface area contributed by atoms with E-state index in [1.54, 1.807) is 12.1 Å². The highest BCUT2D eigenvalue weighted by atomic mass is 32.2. The van der Waals surface area contributed by atoms with E-state index in [1.165, 1.54) is 11.1 Å². The number of anilines is 1. The van der Waals surface area contributed by atoms with Gasteiger partial charge in [0.2, 0.25) is 0 Å². The van der Waals surface area contributed by atoms with Crippen LogP contribution < -0.4 is 5.73 Å². The fourth-order valence-corrected chi connectivity index (χ4v) is 3.18. The van der Waals surface area contributed by atoms with Gasteiger partial charge < -0.3 is 5.73 Å². The average Bonchev–Trinajstić information content (AvgIpc) is 2.27. The van der Waals surface area contributed by atoms with Crippen molar-refractivity contribution < 1.29 is 4.21 Å². The van der Waals surface area contributed by atoms with Gasteiger partial charge in [-0.2, -0.15) is 0 Å². The Morgan fingerprint density at radius 1 is 1.06 bits per heavy atom. The van der Waals surface area contributed by atoms with Crippen LogP contribution in [0.25, 0.3) is 0 Å². The van der Waals surface area contributed by atoms with Gasteiger partial charge in [0.25, 0.3) is 0 Å². The van der Waals surface area contributed by atoms with Crippen molar-refractivity contribution in [3.8, 4) is 0 Å². The molecule has 94 valence electrons. The van der Waals surface area contributed by atoms with E-state index in [0.29, 0.717) is 11.4 Å². The minimum Gasteiger partial charge on any atom is -0.399 e. The smallest absolute Gasteiger partial charge is 0.0574 e. The first kappa shape index (κ1) is 12.8. The van der Waals surface area contributed by atoms with Crippen LogP contribution in [-0.2, 0) is 16.6 Å². The molecule has 0 fully saturated rings. The standard InChI is InChI=1S/C15H17NOS/c1-11-6-12(2)8-13(7-11)10-18(17)15-5-3-4-14(16)9-15/h3-9H,10,16H2,1-2H3. The molecule has 0 aromatic heterocycles. The Balaban J connectivity index is 2.21. The fraction of sp³-hybridized carbons (Fsp3) is 0.200. The molecule has 0 bridgehead atoms. The highest BCUT2D eigenvalue weighted by Crippen LogP contribution is 2.17. The molecule has 2 N–H and O–H groups in total. The zero-order valence-electron chi connectivity index (χ0n) is 10.6. The molecule has 2 rings (SSSR count). The molecule has 0 amide bonds. The maximum atomic E-state index is 12.2. The van der Waals surface area contributed by atoms with E-state index in [-0.39, 0.29) is 0 Å². The van der Waals surface area contributed by atoms with E-state index in [4.69, 9.17) is 5.73 Å². The highest BCUT2D eigenvalue weighted by Gasteiger charge is 2.06. The molecule has 2 aromatic carbocycles. The van der Waals surface area contributed by atoms with Gasteiger partial charge in [-0.3, -0.25) is 4.21 Å². The Morgan fingerprint density at radius 2 is 1.72 bits per heavy atom. The molecule has 18 heavy (non-hydrogen) atoms. The van der Waals surface area contributed by atoms with Crippen LogP contribution in [0, 0.1) is 13.8 Å². The van der Waals surface area contributed by atoms with Crippen molar-refractivity contribution >= 4 is 16.5 Å². The minimum absolute atomic E-state index is 0.534. The Hall–Kier alpha value is -1.61. The predicted molar refractivity (Wildman–Crippen MR) is 76.9 cm³/mol. The normalized spacial score (nSPS) is 12.3. The third-order valence-corrected chi connectivity index (χ3v) is 4.08. The molecule has 1 unspecified atom stereocenters. The Morgan fingerprint density at radius 3 is 2.33 bits per heavy atom. The molecule has 2 nitrogen and oxygen atoms in total. The van der Waals surface area contributed by atoms with Gasteiger partial charge in [-0.15, -0.1) is 0 Å². The molecule has 2 aromatic rings. The lowest BCUT2D eigenvalue weighted by molar-refractivity contribution is 0.682. The monoisotopic (exact) mass is 259 g/mol. The summed E-state index contributed by atoms with van der Waals surface area (Å²) >= 11 is 0. The highest BCUT2D eigenvalue weighted by molar-refractivity contribution is 7.84. The first-order valence-electron chi connectivity index (χ1n) is 5.86. The number of nitrogens with two attached hydrogens (primary N) is 1. The zero-order valence-corrected chi connectivity index (χ0v) is 11.5. The maximum absolute atomic E-state index is 12.2. The fourth-order valence-electron chi connectivity index (χ4n) is 2.04. The van der Waals surface area contributed by atoms with Crippen LogP contribution in [0.2, 0.25) is 0 Å². The molecule has 0 aliphatic carbocycles. The van der Waals surface area contributed by atoms with Crippen LogP contribution in [0.4, 0.5) is 5.69 Å². The van der Waals surface area contributed by atoms with Crippen molar-refractivity contribution in [3.05, 3.63) is 59.2 Å². The summed E-state index contributed by atoms with van der Waals surface area (Å²) in [5, 5.41) is 0. The van der Waals surface area contributed by atoms with Gasteiger partial charge in [0.15, 0.2) is 0 Å². The first-order valence-corrected chi connectivity index (χ1v) is 7.17. The lowest BCUT2D eigenvalue weighted by Crippen LogP contribution is -1.98. The first-order chi connectivity index (χ1) is 8.54. The van der Waals surface area contributed by atoms with E-state index >= 15 is 0 Å². The topological polar surface area (TPSA) is 43.1 Å². The second-order valence-corrected chi connectivity index (χ2v) is 6.01. The molecular weight excluding hydrogens is 242 g/mol. The van der Waals surface area contributed by atoms with Gasteiger partial charge >= 0.3 is 0 Å². The summed E-state index contributed by atoms with van der Waals surface area (Å²) < 4.78 is 12.2. The van der Waals surface area contributed by atoms with Crippen LogP contribution in [-0.4, -0.2) is 4.21 Å². The lowest BCUT2D eigenvalue weighted by Gasteiger charge is -2.06. The van der Waals surface area contributed by atoms with Gasteiger partial charge in [-0.25, -0.2) is 0 Å². The summed E-state index contributed by atoms with van der Waals surface area (Å²) in [5.74, 6) is 0.534. The molecular formula is C15H17NOS. The summed E-state index contributed by atoms with van der Waals surface area (Å²) in [5.41, 5.74) is 9.87. The summed E-state index contributed by atoms with van der Waals surface area (Å²) in [7, 11) is -1.04. The average molecular weight is 259 g/mol. The van der Waals surface area contributed by atoms with Gasteiger partial charge in [0, 0.05) is 10.6 Å². The Bertz CT molecular complexity index is 573. The van der Waals surface area contributed by atoms with Crippen LogP contribution >= 0.6 is 0 Å². The van der Waals surface area contributed by atoms with Crippen molar-refractivity contribution in [2.75, 3.05) is 5.73 Å². The third kappa shape index (κ3) is 3.20. The van der Waals surface area contributed by atoms with E-state index < -0.39 is 10.8 Å². The number of hydrogen-bond donors (Lipinski definition) is 1. The predicted octanol–water partition coefficient (Wildman–Crippen LogP) is 3.19. The van der Waals surface area contributed by atoms with E-state index in [1.807, 2.05) is 12.1 Å². The minimum atomic E-state index is -1.04. The van der Waals surface area contributed by atoms with Gasteiger partial charge in [-0.05, 0) is 37.6 Å². The summed E-state index contributed by atoms with van der Waals surface area (Å²) in [4.78, 5) is 0.786. The molecule has 0 spiro atoms. The number of aryl methyl sites for hydroxylation is 2. The van der Waals surface area contributed by atoms with Gasteiger partial charge in [-0.1, -0.05) is 35.4 Å². The molecule has 0 heterocycles. The SMILES string of the molecule is Cc1cc(C)cc(CS(=O)c2cccc(N)c2)c1. The van der Waals surface area contributed by atoms with E-state index in [9.17, 15) is 4.21 Å². The molecule has 3 heteroatoms. The van der Waals surface area contributed by atoms with E-state index in [0.717, 1.165) is 10.5 Å². The lowest BCUT2D eigenvalue weighted by atomic mass is 10.1. The van der Waals surface area contributed by atoms with Crippen molar-refractivity contribution in [2.24, 2.45) is 0 Å². The van der Waals surface area contributed by atoms with Gasteiger partial charge in [0.05, 0.1) is 16.6 Å². The molecule has 0 radical (unpaired) electrons.